The van der Waals surface area contributed by atoms with Crippen molar-refractivity contribution in [3.8, 4) is 11.5 Å². The third kappa shape index (κ3) is 5.54. The second-order valence-corrected chi connectivity index (χ2v) is 5.26. The fourth-order valence-electron chi connectivity index (χ4n) is 1.77. The van der Waals surface area contributed by atoms with Crippen molar-refractivity contribution in [3.63, 3.8) is 0 Å². The third-order valence-electron chi connectivity index (χ3n) is 3.15. The van der Waals surface area contributed by atoms with Gasteiger partial charge in [0.25, 0.3) is 0 Å². The molecule has 1 aromatic carbocycles. The molecular weight excluding hydrogens is 236 g/mol. The van der Waals surface area contributed by atoms with E-state index in [1.165, 1.54) is 5.56 Å². The molecule has 0 aromatic heterocycles. The van der Waals surface area contributed by atoms with Crippen LogP contribution in [0.5, 0.6) is 11.5 Å². The van der Waals surface area contributed by atoms with Crippen LogP contribution in [0.15, 0.2) is 18.2 Å². The van der Waals surface area contributed by atoms with E-state index >= 15 is 0 Å². The van der Waals surface area contributed by atoms with E-state index in [9.17, 15) is 0 Å². The van der Waals surface area contributed by atoms with Crippen LogP contribution in [0.25, 0.3) is 0 Å². The van der Waals surface area contributed by atoms with Gasteiger partial charge in [0.1, 0.15) is 0 Å². The maximum atomic E-state index is 5.87. The van der Waals surface area contributed by atoms with Crippen molar-refractivity contribution in [2.45, 2.75) is 59.3 Å². The van der Waals surface area contributed by atoms with Crippen LogP contribution in [0.2, 0.25) is 0 Å². The van der Waals surface area contributed by atoms with Gasteiger partial charge in [-0.2, -0.15) is 0 Å². The van der Waals surface area contributed by atoms with E-state index < -0.39 is 0 Å². The molecule has 1 aromatic rings. The largest absolute Gasteiger partial charge is 0.490 e. The SMILES string of the molecule is CCCCOc1ccc(C(C)C)cc1OCCCC. The van der Waals surface area contributed by atoms with Crippen LogP contribution in [0.4, 0.5) is 0 Å². The summed E-state index contributed by atoms with van der Waals surface area (Å²) in [6.07, 6.45) is 4.46. The Kier molecular flexibility index (Phi) is 7.39. The molecule has 1 rings (SSSR count). The van der Waals surface area contributed by atoms with Crippen LogP contribution in [-0.2, 0) is 0 Å². The van der Waals surface area contributed by atoms with Crippen molar-refractivity contribution in [1.29, 1.82) is 0 Å². The van der Waals surface area contributed by atoms with E-state index in [0.717, 1.165) is 50.4 Å². The van der Waals surface area contributed by atoms with Crippen LogP contribution in [0.1, 0.15) is 64.9 Å². The minimum atomic E-state index is 0.512. The summed E-state index contributed by atoms with van der Waals surface area (Å²) in [7, 11) is 0. The number of rotatable bonds is 9. The molecule has 2 nitrogen and oxygen atoms in total. The van der Waals surface area contributed by atoms with Gasteiger partial charge < -0.3 is 9.47 Å². The summed E-state index contributed by atoms with van der Waals surface area (Å²) in [5, 5.41) is 0. The van der Waals surface area contributed by atoms with Gasteiger partial charge in [0.15, 0.2) is 11.5 Å². The number of unbranched alkanes of at least 4 members (excludes halogenated alkanes) is 2. The Bertz CT molecular complexity index is 358. The van der Waals surface area contributed by atoms with Gasteiger partial charge >= 0.3 is 0 Å². The van der Waals surface area contributed by atoms with Gasteiger partial charge in [-0.1, -0.05) is 46.6 Å². The lowest BCUT2D eigenvalue weighted by Crippen LogP contribution is -2.03. The van der Waals surface area contributed by atoms with Gasteiger partial charge in [-0.05, 0) is 36.5 Å². The standard InChI is InChI=1S/C17H28O2/c1-5-7-11-18-16-10-9-15(14(3)4)13-17(16)19-12-8-6-2/h9-10,13-14H,5-8,11-12H2,1-4H3. The molecule has 0 radical (unpaired) electrons. The zero-order chi connectivity index (χ0) is 14.1. The first-order valence-corrected chi connectivity index (χ1v) is 7.58. The molecule has 0 aliphatic rings. The summed E-state index contributed by atoms with van der Waals surface area (Å²) < 4.78 is 11.7. The molecule has 0 saturated heterocycles. The van der Waals surface area contributed by atoms with E-state index in [-0.39, 0.29) is 0 Å². The van der Waals surface area contributed by atoms with E-state index in [4.69, 9.17) is 9.47 Å². The van der Waals surface area contributed by atoms with E-state index in [0.29, 0.717) is 5.92 Å². The molecule has 0 atom stereocenters. The molecule has 0 bridgehead atoms. The Morgan fingerprint density at radius 1 is 0.895 bits per heavy atom. The molecule has 2 heteroatoms. The molecule has 0 spiro atoms. The molecular formula is C17H28O2. The van der Waals surface area contributed by atoms with Crippen LogP contribution in [-0.4, -0.2) is 13.2 Å². The van der Waals surface area contributed by atoms with Crippen LogP contribution in [0.3, 0.4) is 0 Å². The van der Waals surface area contributed by atoms with Crippen molar-refractivity contribution in [3.05, 3.63) is 23.8 Å². The zero-order valence-electron chi connectivity index (χ0n) is 12.9. The monoisotopic (exact) mass is 264 g/mol. The van der Waals surface area contributed by atoms with Crippen molar-refractivity contribution >= 4 is 0 Å². The summed E-state index contributed by atoms with van der Waals surface area (Å²) in [5.74, 6) is 2.29. The number of hydrogen-bond acceptors (Lipinski definition) is 2. The van der Waals surface area contributed by atoms with Gasteiger partial charge in [0.05, 0.1) is 13.2 Å². The Labute approximate surface area is 118 Å². The van der Waals surface area contributed by atoms with E-state index in [1.54, 1.807) is 0 Å². The maximum absolute atomic E-state index is 5.87. The van der Waals surface area contributed by atoms with Crippen LogP contribution >= 0.6 is 0 Å². The summed E-state index contributed by atoms with van der Waals surface area (Å²) in [6, 6.07) is 6.31. The maximum Gasteiger partial charge on any atom is 0.161 e. The van der Waals surface area contributed by atoms with Crippen LogP contribution < -0.4 is 9.47 Å². The van der Waals surface area contributed by atoms with Crippen molar-refractivity contribution < 1.29 is 9.47 Å². The minimum Gasteiger partial charge on any atom is -0.490 e. The molecule has 0 saturated carbocycles. The Morgan fingerprint density at radius 2 is 1.47 bits per heavy atom. The first-order chi connectivity index (χ1) is 9.19. The lowest BCUT2D eigenvalue weighted by molar-refractivity contribution is 0.261. The summed E-state index contributed by atoms with van der Waals surface area (Å²) in [6.45, 7) is 10.3. The average Bonchev–Trinajstić information content (AvgIpc) is 2.40. The second kappa shape index (κ2) is 8.84. The topological polar surface area (TPSA) is 18.5 Å². The smallest absolute Gasteiger partial charge is 0.161 e. The molecule has 0 heterocycles. The molecule has 0 unspecified atom stereocenters. The number of ether oxygens (including phenoxy) is 2. The molecule has 0 amide bonds. The highest BCUT2D eigenvalue weighted by Gasteiger charge is 2.08. The predicted molar refractivity (Wildman–Crippen MR) is 81.3 cm³/mol. The third-order valence-corrected chi connectivity index (χ3v) is 3.15. The second-order valence-electron chi connectivity index (χ2n) is 5.26. The summed E-state index contributed by atoms with van der Waals surface area (Å²) in [4.78, 5) is 0. The summed E-state index contributed by atoms with van der Waals surface area (Å²) in [5.41, 5.74) is 1.30. The highest BCUT2D eigenvalue weighted by Crippen LogP contribution is 2.31. The van der Waals surface area contributed by atoms with E-state index in [1.807, 2.05) is 6.07 Å². The molecule has 0 aliphatic carbocycles. The summed E-state index contributed by atoms with van der Waals surface area (Å²) >= 11 is 0. The average molecular weight is 264 g/mol. The first-order valence-electron chi connectivity index (χ1n) is 7.58. The lowest BCUT2D eigenvalue weighted by Gasteiger charge is -2.15. The molecule has 0 N–H and O–H groups in total. The Hall–Kier alpha value is -1.18. The Morgan fingerprint density at radius 3 is 2.00 bits per heavy atom. The van der Waals surface area contributed by atoms with Crippen molar-refractivity contribution in [2.24, 2.45) is 0 Å². The van der Waals surface area contributed by atoms with Gasteiger partial charge in [0, 0.05) is 0 Å². The lowest BCUT2D eigenvalue weighted by atomic mass is 10.0. The fraction of sp³-hybridized carbons (Fsp3) is 0.647. The molecule has 19 heavy (non-hydrogen) atoms. The highest BCUT2D eigenvalue weighted by atomic mass is 16.5. The Balaban J connectivity index is 2.75. The van der Waals surface area contributed by atoms with Gasteiger partial charge in [-0.3, -0.25) is 0 Å². The minimum absolute atomic E-state index is 0.512. The van der Waals surface area contributed by atoms with Gasteiger partial charge in [-0.15, -0.1) is 0 Å². The zero-order valence-corrected chi connectivity index (χ0v) is 12.9. The van der Waals surface area contributed by atoms with Crippen molar-refractivity contribution in [2.75, 3.05) is 13.2 Å². The predicted octanol–water partition coefficient (Wildman–Crippen LogP) is 5.17. The van der Waals surface area contributed by atoms with Crippen molar-refractivity contribution in [1.82, 2.24) is 0 Å². The highest BCUT2D eigenvalue weighted by molar-refractivity contribution is 5.43. The normalized spacial score (nSPS) is 10.8. The molecule has 0 fully saturated rings. The number of hydrogen-bond donors (Lipinski definition) is 0. The fourth-order valence-corrected chi connectivity index (χ4v) is 1.77. The van der Waals surface area contributed by atoms with Crippen LogP contribution in [0, 0.1) is 0 Å². The molecule has 0 aliphatic heterocycles. The van der Waals surface area contributed by atoms with E-state index in [2.05, 4.69) is 39.8 Å². The number of benzene rings is 1. The molecule has 108 valence electrons. The first kappa shape index (κ1) is 15.9. The quantitative estimate of drug-likeness (QED) is 0.573. The van der Waals surface area contributed by atoms with Gasteiger partial charge in [0.2, 0.25) is 0 Å². The van der Waals surface area contributed by atoms with Gasteiger partial charge in [-0.25, -0.2) is 0 Å².